The van der Waals surface area contributed by atoms with Crippen LogP contribution in [-0.4, -0.2) is 33.9 Å². The predicted molar refractivity (Wildman–Crippen MR) is 80.4 cm³/mol. The number of amides is 1. The lowest BCUT2D eigenvalue weighted by Crippen LogP contribution is -2.33. The van der Waals surface area contributed by atoms with Crippen molar-refractivity contribution in [3.05, 3.63) is 17.7 Å². The summed E-state index contributed by atoms with van der Waals surface area (Å²) in [6.45, 7) is 9.45. The fraction of sp³-hybridized carbons (Fsp3) is 0.643. The van der Waals surface area contributed by atoms with Crippen molar-refractivity contribution < 1.29 is 4.79 Å². The predicted octanol–water partition coefficient (Wildman–Crippen LogP) is 2.15. The molecule has 0 saturated carbocycles. The number of carbonyl (C=O) groups is 1. The van der Waals surface area contributed by atoms with Gasteiger partial charge < -0.3 is 10.3 Å². The molecule has 0 aromatic carbocycles. The maximum atomic E-state index is 12.6. The molecule has 0 aliphatic heterocycles. The van der Waals surface area contributed by atoms with E-state index in [0.717, 1.165) is 19.4 Å². The first-order valence-electron chi connectivity index (χ1n) is 7.17. The normalized spacial score (nSPS) is 10.7. The van der Waals surface area contributed by atoms with Gasteiger partial charge in [-0.15, -0.1) is 0 Å². The minimum absolute atomic E-state index is 0.0989. The Kier molecular flexibility index (Phi) is 6.38. The maximum Gasteiger partial charge on any atom is 0.274 e. The van der Waals surface area contributed by atoms with Crippen molar-refractivity contribution in [2.45, 2.75) is 46.5 Å². The molecule has 1 aromatic rings. The molecule has 20 heavy (non-hydrogen) atoms. The summed E-state index contributed by atoms with van der Waals surface area (Å²) >= 11 is 0. The van der Waals surface area contributed by atoms with Crippen LogP contribution in [0.25, 0.3) is 0 Å². The average molecular weight is 279 g/mol. The molecule has 3 N–H and O–H groups in total. The Morgan fingerprint density at radius 3 is 2.65 bits per heavy atom. The van der Waals surface area contributed by atoms with E-state index in [4.69, 9.17) is 5.84 Å². The Hall–Kier alpha value is -1.69. The van der Waals surface area contributed by atoms with E-state index in [0.29, 0.717) is 23.8 Å². The lowest BCUT2D eigenvalue weighted by Gasteiger charge is -2.21. The molecule has 1 rings (SSSR count). The second-order valence-corrected chi connectivity index (χ2v) is 5.03. The van der Waals surface area contributed by atoms with Crippen LogP contribution >= 0.6 is 0 Å². The maximum absolute atomic E-state index is 12.6. The van der Waals surface area contributed by atoms with E-state index < -0.39 is 0 Å². The molecule has 112 valence electrons. The monoisotopic (exact) mass is 279 g/mol. The number of nitrogens with zero attached hydrogens (tertiary/aromatic N) is 3. The molecule has 0 fully saturated rings. The summed E-state index contributed by atoms with van der Waals surface area (Å²) in [5, 5.41) is 0. The standard InChI is InChI=1S/C14H25N5O/c1-5-7-8-19(6-2)14(20)12-11(18-15)9-16-13(17-12)10(3)4/h9-10,18H,5-8,15H2,1-4H3. The highest BCUT2D eigenvalue weighted by molar-refractivity contribution is 5.97. The molecule has 0 bridgehead atoms. The quantitative estimate of drug-likeness (QED) is 0.590. The summed E-state index contributed by atoms with van der Waals surface area (Å²) in [5.74, 6) is 6.17. The molecule has 1 aromatic heterocycles. The molecule has 0 saturated heterocycles. The Morgan fingerprint density at radius 2 is 2.15 bits per heavy atom. The van der Waals surface area contributed by atoms with Gasteiger partial charge in [-0.2, -0.15) is 0 Å². The van der Waals surface area contributed by atoms with Crippen molar-refractivity contribution in [3.8, 4) is 0 Å². The van der Waals surface area contributed by atoms with E-state index in [1.165, 1.54) is 0 Å². The second-order valence-electron chi connectivity index (χ2n) is 5.03. The molecule has 6 heteroatoms. The molecule has 6 nitrogen and oxygen atoms in total. The van der Waals surface area contributed by atoms with Gasteiger partial charge >= 0.3 is 0 Å². The van der Waals surface area contributed by atoms with Crippen LogP contribution in [0.4, 0.5) is 5.69 Å². The number of anilines is 1. The fourth-order valence-corrected chi connectivity index (χ4v) is 1.84. The zero-order chi connectivity index (χ0) is 15.1. The van der Waals surface area contributed by atoms with E-state index in [1.54, 1.807) is 11.1 Å². The Labute approximate surface area is 120 Å². The van der Waals surface area contributed by atoms with Gasteiger partial charge in [-0.3, -0.25) is 10.6 Å². The van der Waals surface area contributed by atoms with Crippen molar-refractivity contribution >= 4 is 11.6 Å². The molecule has 1 heterocycles. The van der Waals surface area contributed by atoms with Crippen molar-refractivity contribution in [2.75, 3.05) is 18.5 Å². The number of nitrogens with two attached hydrogens (primary N) is 1. The number of carbonyl (C=O) groups excluding carboxylic acids is 1. The van der Waals surface area contributed by atoms with E-state index in [2.05, 4.69) is 22.3 Å². The second kappa shape index (κ2) is 7.79. The Morgan fingerprint density at radius 1 is 1.45 bits per heavy atom. The number of hydrogen-bond donors (Lipinski definition) is 2. The van der Waals surface area contributed by atoms with Crippen LogP contribution in [0.5, 0.6) is 0 Å². The number of aromatic nitrogens is 2. The lowest BCUT2D eigenvalue weighted by molar-refractivity contribution is 0.0757. The molecule has 0 spiro atoms. The Balaban J connectivity index is 3.07. The van der Waals surface area contributed by atoms with Crippen LogP contribution in [0, 0.1) is 0 Å². The molecule has 0 aliphatic carbocycles. The van der Waals surface area contributed by atoms with Crippen molar-refractivity contribution in [2.24, 2.45) is 5.84 Å². The van der Waals surface area contributed by atoms with E-state index in [-0.39, 0.29) is 11.8 Å². The Bertz CT molecular complexity index is 447. The summed E-state index contributed by atoms with van der Waals surface area (Å²) in [5.41, 5.74) is 3.32. The minimum Gasteiger partial charge on any atom is -0.338 e. The van der Waals surface area contributed by atoms with Gasteiger partial charge in [0.25, 0.3) is 5.91 Å². The largest absolute Gasteiger partial charge is 0.338 e. The van der Waals surface area contributed by atoms with Gasteiger partial charge in [0.05, 0.1) is 11.9 Å². The highest BCUT2D eigenvalue weighted by atomic mass is 16.2. The number of nitrogen functional groups attached to an aromatic ring is 1. The molecule has 0 aliphatic rings. The van der Waals surface area contributed by atoms with Crippen molar-refractivity contribution in [3.63, 3.8) is 0 Å². The van der Waals surface area contributed by atoms with Crippen molar-refractivity contribution in [1.82, 2.24) is 14.9 Å². The van der Waals surface area contributed by atoms with Crippen LogP contribution in [0.3, 0.4) is 0 Å². The van der Waals surface area contributed by atoms with Crippen LogP contribution < -0.4 is 11.3 Å². The fourth-order valence-electron chi connectivity index (χ4n) is 1.84. The molecular weight excluding hydrogens is 254 g/mol. The first-order chi connectivity index (χ1) is 9.54. The third kappa shape index (κ3) is 3.90. The zero-order valence-corrected chi connectivity index (χ0v) is 12.8. The van der Waals surface area contributed by atoms with E-state index >= 15 is 0 Å². The summed E-state index contributed by atoms with van der Waals surface area (Å²) in [7, 11) is 0. The van der Waals surface area contributed by atoms with Gasteiger partial charge in [0.2, 0.25) is 0 Å². The number of rotatable bonds is 7. The third-order valence-electron chi connectivity index (χ3n) is 3.13. The minimum atomic E-state index is -0.0989. The van der Waals surface area contributed by atoms with Crippen LogP contribution in [0.15, 0.2) is 6.20 Å². The lowest BCUT2D eigenvalue weighted by atomic mass is 10.2. The SMILES string of the molecule is CCCCN(CC)C(=O)c1nc(C(C)C)ncc1NN. The first-order valence-corrected chi connectivity index (χ1v) is 7.17. The van der Waals surface area contributed by atoms with Gasteiger partial charge in [-0.05, 0) is 13.3 Å². The van der Waals surface area contributed by atoms with Gasteiger partial charge in [-0.25, -0.2) is 9.97 Å². The first kappa shape index (κ1) is 16.4. The highest BCUT2D eigenvalue weighted by Crippen LogP contribution is 2.17. The van der Waals surface area contributed by atoms with Crippen LogP contribution in [0.2, 0.25) is 0 Å². The number of hydrogen-bond acceptors (Lipinski definition) is 5. The highest BCUT2D eigenvalue weighted by Gasteiger charge is 2.20. The van der Waals surface area contributed by atoms with E-state index in [9.17, 15) is 4.79 Å². The number of hydrazine groups is 1. The molecular formula is C14H25N5O. The third-order valence-corrected chi connectivity index (χ3v) is 3.13. The van der Waals surface area contributed by atoms with Crippen LogP contribution in [-0.2, 0) is 0 Å². The molecule has 1 amide bonds. The van der Waals surface area contributed by atoms with Gasteiger partial charge in [-0.1, -0.05) is 27.2 Å². The van der Waals surface area contributed by atoms with Gasteiger partial charge in [0.15, 0.2) is 5.69 Å². The summed E-state index contributed by atoms with van der Waals surface area (Å²) in [4.78, 5) is 23.0. The topological polar surface area (TPSA) is 84.1 Å². The average Bonchev–Trinajstić information content (AvgIpc) is 2.46. The molecule has 0 radical (unpaired) electrons. The zero-order valence-electron chi connectivity index (χ0n) is 12.8. The van der Waals surface area contributed by atoms with Gasteiger partial charge in [0.1, 0.15) is 5.82 Å². The molecule has 0 unspecified atom stereocenters. The van der Waals surface area contributed by atoms with Crippen molar-refractivity contribution in [1.29, 1.82) is 0 Å². The van der Waals surface area contributed by atoms with E-state index in [1.807, 2.05) is 20.8 Å². The summed E-state index contributed by atoms with van der Waals surface area (Å²) in [6.07, 6.45) is 3.60. The van der Waals surface area contributed by atoms with Crippen LogP contribution in [0.1, 0.15) is 62.8 Å². The summed E-state index contributed by atoms with van der Waals surface area (Å²) in [6, 6.07) is 0. The number of unbranched alkanes of at least 4 members (excludes halogenated alkanes) is 1. The molecule has 0 atom stereocenters. The summed E-state index contributed by atoms with van der Waals surface area (Å²) < 4.78 is 0. The van der Waals surface area contributed by atoms with Gasteiger partial charge in [0, 0.05) is 19.0 Å². The smallest absolute Gasteiger partial charge is 0.274 e. The number of nitrogens with one attached hydrogen (secondary N) is 1.